The zero-order valence-electron chi connectivity index (χ0n) is 17.0. The van der Waals surface area contributed by atoms with E-state index in [1.165, 1.54) is 12.4 Å². The first kappa shape index (κ1) is 20.1. The van der Waals surface area contributed by atoms with Crippen LogP contribution in [0.2, 0.25) is 0 Å². The quantitative estimate of drug-likeness (QED) is 0.447. The zero-order valence-corrected chi connectivity index (χ0v) is 17.0. The van der Waals surface area contributed by atoms with Crippen LogP contribution in [-0.2, 0) is 0 Å². The van der Waals surface area contributed by atoms with Gasteiger partial charge in [0.1, 0.15) is 11.5 Å². The third kappa shape index (κ3) is 4.43. The summed E-state index contributed by atoms with van der Waals surface area (Å²) in [5, 5.41) is 6.73. The van der Waals surface area contributed by atoms with E-state index in [1.807, 2.05) is 47.3 Å². The van der Waals surface area contributed by atoms with Crippen LogP contribution in [0.25, 0.3) is 16.8 Å². The van der Waals surface area contributed by atoms with Crippen LogP contribution in [0.15, 0.2) is 61.4 Å². The number of hydrogen-bond acceptors (Lipinski definition) is 7. The average molecular weight is 437 g/mol. The second-order valence-corrected chi connectivity index (χ2v) is 7.63. The first-order valence-corrected chi connectivity index (χ1v) is 10.3. The van der Waals surface area contributed by atoms with E-state index in [1.54, 1.807) is 6.20 Å². The molecule has 1 aliphatic carbocycles. The highest BCUT2D eigenvalue weighted by Crippen LogP contribution is 2.27. The van der Waals surface area contributed by atoms with Crippen LogP contribution in [-0.4, -0.2) is 43.0 Å². The van der Waals surface area contributed by atoms with Crippen molar-refractivity contribution in [2.75, 3.05) is 10.6 Å². The van der Waals surface area contributed by atoms with Gasteiger partial charge in [0.2, 0.25) is 5.95 Å². The van der Waals surface area contributed by atoms with Gasteiger partial charge in [-0.1, -0.05) is 0 Å². The van der Waals surface area contributed by atoms with Gasteiger partial charge < -0.3 is 19.8 Å². The molecule has 2 atom stereocenters. The monoisotopic (exact) mass is 437 g/mol. The molecule has 1 fully saturated rings. The molecule has 0 aromatic carbocycles. The van der Waals surface area contributed by atoms with Crippen molar-refractivity contribution in [3.8, 4) is 16.9 Å². The highest BCUT2D eigenvalue weighted by Gasteiger charge is 2.25. The molecule has 0 spiro atoms. The lowest BCUT2D eigenvalue weighted by molar-refractivity contribution is -0.0503. The minimum Gasteiger partial charge on any atom is -0.432 e. The summed E-state index contributed by atoms with van der Waals surface area (Å²) in [5.41, 5.74) is 2.94. The molecule has 0 radical (unpaired) electrons. The zero-order chi connectivity index (χ0) is 21.9. The van der Waals surface area contributed by atoms with Gasteiger partial charge in [-0.05, 0) is 43.5 Å². The Morgan fingerprint density at radius 2 is 1.75 bits per heavy atom. The third-order valence-electron chi connectivity index (χ3n) is 5.46. The lowest BCUT2D eigenvalue weighted by atomic mass is 10.1. The van der Waals surface area contributed by atoms with Gasteiger partial charge in [-0.2, -0.15) is 8.78 Å². The molecule has 0 aliphatic heterocycles. The van der Waals surface area contributed by atoms with E-state index < -0.39 is 6.61 Å². The van der Waals surface area contributed by atoms with Crippen molar-refractivity contribution in [1.82, 2.24) is 24.3 Å². The second kappa shape index (κ2) is 8.74. The Morgan fingerprint density at radius 1 is 0.938 bits per heavy atom. The summed E-state index contributed by atoms with van der Waals surface area (Å²) in [6, 6.07) is 8.50. The number of alkyl halides is 2. The summed E-state index contributed by atoms with van der Waals surface area (Å²) >= 11 is 0. The van der Waals surface area contributed by atoms with Gasteiger partial charge in [-0.3, -0.25) is 0 Å². The number of pyridine rings is 2. The number of ether oxygens (including phenoxy) is 1. The molecule has 4 heterocycles. The SMILES string of the molecule is FC(F)Oc1cnc(N[C@H]2CC[C@H](Nc3ccc(-c4cccn5ccnc45)cn3)C2)nc1. The fourth-order valence-electron chi connectivity index (χ4n) is 4.00. The molecule has 164 valence electrons. The summed E-state index contributed by atoms with van der Waals surface area (Å²) in [5.74, 6) is 1.15. The Bertz CT molecular complexity index is 1180. The molecule has 32 heavy (non-hydrogen) atoms. The topological polar surface area (TPSA) is 89.3 Å². The maximum atomic E-state index is 12.2. The molecule has 0 bridgehead atoms. The van der Waals surface area contributed by atoms with Crippen LogP contribution in [0.4, 0.5) is 20.5 Å². The Labute approximate surface area is 182 Å². The van der Waals surface area contributed by atoms with Gasteiger partial charge in [-0.25, -0.2) is 19.9 Å². The van der Waals surface area contributed by atoms with E-state index in [2.05, 4.69) is 35.3 Å². The van der Waals surface area contributed by atoms with Crippen molar-refractivity contribution < 1.29 is 13.5 Å². The van der Waals surface area contributed by atoms with Crippen molar-refractivity contribution >= 4 is 17.4 Å². The molecule has 0 unspecified atom stereocenters. The lowest BCUT2D eigenvalue weighted by Crippen LogP contribution is -2.22. The Balaban J connectivity index is 1.17. The van der Waals surface area contributed by atoms with Crippen molar-refractivity contribution in [3.05, 3.63) is 61.4 Å². The molecule has 0 saturated heterocycles. The van der Waals surface area contributed by atoms with E-state index in [-0.39, 0.29) is 17.8 Å². The summed E-state index contributed by atoms with van der Waals surface area (Å²) in [7, 11) is 0. The number of nitrogens with zero attached hydrogens (tertiary/aromatic N) is 5. The average Bonchev–Trinajstić information content (AvgIpc) is 3.45. The van der Waals surface area contributed by atoms with E-state index in [9.17, 15) is 8.78 Å². The molecular formula is C22H21F2N7O. The van der Waals surface area contributed by atoms with Crippen LogP contribution >= 0.6 is 0 Å². The Kier molecular flexibility index (Phi) is 5.49. The number of aromatic nitrogens is 5. The van der Waals surface area contributed by atoms with E-state index in [0.29, 0.717) is 5.95 Å². The maximum Gasteiger partial charge on any atom is 0.387 e. The second-order valence-electron chi connectivity index (χ2n) is 7.63. The van der Waals surface area contributed by atoms with Crippen LogP contribution in [0.3, 0.4) is 0 Å². The molecule has 5 rings (SSSR count). The molecule has 0 amide bonds. The van der Waals surface area contributed by atoms with Crippen molar-refractivity contribution in [2.24, 2.45) is 0 Å². The van der Waals surface area contributed by atoms with Crippen LogP contribution in [0.1, 0.15) is 19.3 Å². The van der Waals surface area contributed by atoms with E-state index >= 15 is 0 Å². The number of nitrogens with one attached hydrogen (secondary N) is 2. The summed E-state index contributed by atoms with van der Waals surface area (Å²) < 4.78 is 30.7. The Morgan fingerprint density at radius 3 is 2.50 bits per heavy atom. The van der Waals surface area contributed by atoms with Gasteiger partial charge in [0.15, 0.2) is 5.75 Å². The predicted octanol–water partition coefficient (Wildman–Crippen LogP) is 4.23. The molecule has 1 saturated carbocycles. The number of fused-ring (bicyclic) bond motifs is 1. The maximum absolute atomic E-state index is 12.2. The van der Waals surface area contributed by atoms with E-state index in [4.69, 9.17) is 0 Å². The molecule has 10 heteroatoms. The normalized spacial score (nSPS) is 18.2. The van der Waals surface area contributed by atoms with Crippen LogP contribution in [0.5, 0.6) is 5.75 Å². The molecule has 8 nitrogen and oxygen atoms in total. The highest BCUT2D eigenvalue weighted by atomic mass is 19.3. The first-order chi connectivity index (χ1) is 15.6. The first-order valence-electron chi connectivity index (χ1n) is 10.3. The molecule has 4 aromatic rings. The Hall–Kier alpha value is -3.82. The number of imidazole rings is 1. The number of anilines is 2. The summed E-state index contributed by atoms with van der Waals surface area (Å²) in [4.78, 5) is 17.1. The minimum atomic E-state index is -2.89. The van der Waals surface area contributed by atoms with Gasteiger partial charge in [-0.15, -0.1) is 0 Å². The summed E-state index contributed by atoms with van der Waals surface area (Å²) in [6.45, 7) is -2.89. The summed E-state index contributed by atoms with van der Waals surface area (Å²) in [6.07, 6.45) is 12.8. The predicted molar refractivity (Wildman–Crippen MR) is 116 cm³/mol. The molecule has 4 aromatic heterocycles. The lowest BCUT2D eigenvalue weighted by Gasteiger charge is -2.15. The number of hydrogen-bond donors (Lipinski definition) is 2. The molecule has 1 aliphatic rings. The molecule has 2 N–H and O–H groups in total. The van der Waals surface area contributed by atoms with Gasteiger partial charge >= 0.3 is 6.61 Å². The third-order valence-corrected chi connectivity index (χ3v) is 5.46. The fraction of sp³-hybridized carbons (Fsp3) is 0.273. The van der Waals surface area contributed by atoms with Crippen molar-refractivity contribution in [3.63, 3.8) is 0 Å². The van der Waals surface area contributed by atoms with Gasteiger partial charge in [0.25, 0.3) is 0 Å². The van der Waals surface area contributed by atoms with Gasteiger partial charge in [0, 0.05) is 48.0 Å². The number of rotatable bonds is 7. The molecular weight excluding hydrogens is 416 g/mol. The van der Waals surface area contributed by atoms with E-state index in [0.717, 1.165) is 41.9 Å². The van der Waals surface area contributed by atoms with Crippen molar-refractivity contribution in [2.45, 2.75) is 38.0 Å². The largest absolute Gasteiger partial charge is 0.432 e. The smallest absolute Gasteiger partial charge is 0.387 e. The van der Waals surface area contributed by atoms with Crippen molar-refractivity contribution in [1.29, 1.82) is 0 Å². The standard InChI is InChI=1S/C22H21F2N7O/c23-21(24)32-17-12-27-22(28-13-17)30-16-5-4-15(10-16)29-19-6-3-14(11-26-19)18-2-1-8-31-9-7-25-20(18)31/h1-3,6-9,11-13,15-16,21H,4-5,10H2,(H,26,29)(H,27,28,30)/t15-,16-/m0/s1. The highest BCUT2D eigenvalue weighted by molar-refractivity contribution is 5.77. The fourth-order valence-corrected chi connectivity index (χ4v) is 4.00. The minimum absolute atomic E-state index is 0.0602. The number of halogens is 2. The van der Waals surface area contributed by atoms with Crippen LogP contribution in [0, 0.1) is 0 Å². The van der Waals surface area contributed by atoms with Crippen LogP contribution < -0.4 is 15.4 Å². The van der Waals surface area contributed by atoms with Gasteiger partial charge in [0.05, 0.1) is 12.4 Å².